The molecule has 218 valence electrons. The predicted molar refractivity (Wildman–Crippen MR) is 158 cm³/mol. The van der Waals surface area contributed by atoms with Gasteiger partial charge in [0.1, 0.15) is 11.4 Å². The third-order valence-corrected chi connectivity index (χ3v) is 8.50. The second kappa shape index (κ2) is 10.7. The molecule has 0 saturated carbocycles. The summed E-state index contributed by atoms with van der Waals surface area (Å²) in [6.07, 6.45) is -0.403. The third kappa shape index (κ3) is 4.08. The number of amides is 1. The molecule has 9 heteroatoms. The average molecular weight is 589 g/mol. The number of fused-ring (bicyclic) bond motifs is 3. The standard InChI is InChI=1S/C35H25FN2O6/c36-26-16-7-5-14-24(26)29(40)25-15-6-8-17-27(25)38-33(44)35-31(42)21-11-2-1-10-20(21)28(39)18-9-19-34(35,37)30(41)22-12-3-4-13-23(22)32(35)43/h1-8,10-17H,9,18-19,37H2,(H,38,44)/t34?,35-/m0/s1. The maximum absolute atomic E-state index is 14.7. The summed E-state index contributed by atoms with van der Waals surface area (Å²) in [7, 11) is 0. The van der Waals surface area contributed by atoms with Gasteiger partial charge in [0.05, 0.1) is 11.3 Å². The van der Waals surface area contributed by atoms with Crippen molar-refractivity contribution in [3.63, 3.8) is 0 Å². The van der Waals surface area contributed by atoms with Gasteiger partial charge in [0, 0.05) is 34.2 Å². The van der Waals surface area contributed by atoms with Gasteiger partial charge in [-0.3, -0.25) is 28.8 Å². The number of nitrogens with two attached hydrogens (primary N) is 1. The van der Waals surface area contributed by atoms with E-state index < -0.39 is 51.6 Å². The van der Waals surface area contributed by atoms with Crippen molar-refractivity contribution in [2.24, 2.45) is 11.1 Å². The van der Waals surface area contributed by atoms with Crippen molar-refractivity contribution in [2.45, 2.75) is 24.8 Å². The number of carbonyl (C=O) groups excluding carboxylic acids is 6. The Labute approximate surface area is 251 Å². The van der Waals surface area contributed by atoms with Crippen molar-refractivity contribution in [1.29, 1.82) is 0 Å². The van der Waals surface area contributed by atoms with Crippen LogP contribution >= 0.6 is 0 Å². The number of benzene rings is 4. The second-order valence-electron chi connectivity index (χ2n) is 10.9. The highest BCUT2D eigenvalue weighted by Gasteiger charge is 2.70. The molecule has 1 unspecified atom stereocenters. The van der Waals surface area contributed by atoms with Crippen LogP contribution in [0.2, 0.25) is 0 Å². The molecule has 4 aromatic carbocycles. The molecule has 0 saturated heterocycles. The lowest BCUT2D eigenvalue weighted by molar-refractivity contribution is -0.123. The minimum Gasteiger partial charge on any atom is -0.324 e. The lowest BCUT2D eigenvalue weighted by Crippen LogP contribution is -2.73. The molecule has 3 N–H and O–H groups in total. The van der Waals surface area contributed by atoms with Crippen LogP contribution in [0.4, 0.5) is 10.1 Å². The van der Waals surface area contributed by atoms with E-state index in [2.05, 4.69) is 5.32 Å². The summed E-state index contributed by atoms with van der Waals surface area (Å²) in [4.78, 5) is 84.9. The molecule has 1 amide bonds. The number of halogens is 1. The number of anilines is 1. The zero-order chi connectivity index (χ0) is 31.2. The van der Waals surface area contributed by atoms with Crippen molar-refractivity contribution in [3.05, 3.63) is 136 Å². The minimum atomic E-state index is -2.85. The van der Waals surface area contributed by atoms with Crippen molar-refractivity contribution < 1.29 is 33.2 Å². The van der Waals surface area contributed by atoms with Gasteiger partial charge in [-0.1, -0.05) is 72.8 Å². The van der Waals surface area contributed by atoms with Crippen molar-refractivity contribution in [3.8, 4) is 0 Å². The maximum Gasteiger partial charge on any atom is 0.248 e. The van der Waals surface area contributed by atoms with Crippen molar-refractivity contribution in [2.75, 3.05) is 5.32 Å². The fourth-order valence-electron chi connectivity index (χ4n) is 6.30. The fraction of sp³-hybridized carbons (Fsp3) is 0.143. The van der Waals surface area contributed by atoms with Gasteiger partial charge in [0.25, 0.3) is 0 Å². The van der Waals surface area contributed by atoms with Gasteiger partial charge >= 0.3 is 0 Å². The Morgan fingerprint density at radius 2 is 1.16 bits per heavy atom. The Bertz CT molecular complexity index is 1930. The number of hydrogen-bond acceptors (Lipinski definition) is 7. The number of nitrogens with one attached hydrogen (secondary N) is 1. The third-order valence-electron chi connectivity index (χ3n) is 8.50. The normalized spacial score (nSPS) is 21.2. The Kier molecular flexibility index (Phi) is 6.98. The van der Waals surface area contributed by atoms with Gasteiger partial charge in [-0.15, -0.1) is 0 Å². The molecule has 4 aromatic rings. The SMILES string of the molecule is NC12CCCC(=O)c3ccccc3C(=O)[C@@]1(C(=O)Nc1ccccc1C(=O)c1ccccc1F)C(=O)c1ccccc1C2=O. The van der Waals surface area contributed by atoms with E-state index in [0.29, 0.717) is 0 Å². The molecule has 0 heterocycles. The molecule has 0 spiro atoms. The first-order valence-electron chi connectivity index (χ1n) is 14.0. The molecule has 2 aliphatic rings. The smallest absolute Gasteiger partial charge is 0.248 e. The second-order valence-corrected chi connectivity index (χ2v) is 10.9. The van der Waals surface area contributed by atoms with Gasteiger partial charge < -0.3 is 11.1 Å². The number of rotatable bonds is 4. The first-order chi connectivity index (χ1) is 21.1. The highest BCUT2D eigenvalue weighted by Crippen LogP contribution is 2.48. The van der Waals surface area contributed by atoms with E-state index in [0.717, 1.165) is 6.07 Å². The van der Waals surface area contributed by atoms with Crippen LogP contribution in [0.3, 0.4) is 0 Å². The monoisotopic (exact) mass is 588 g/mol. The quantitative estimate of drug-likeness (QED) is 0.252. The van der Waals surface area contributed by atoms with E-state index in [1.54, 1.807) is 12.1 Å². The highest BCUT2D eigenvalue weighted by atomic mass is 19.1. The van der Waals surface area contributed by atoms with Gasteiger partial charge in [-0.2, -0.15) is 0 Å². The lowest BCUT2D eigenvalue weighted by atomic mass is 9.53. The number of carbonyl (C=O) groups is 6. The average Bonchev–Trinajstić information content (AvgIpc) is 3.07. The summed E-state index contributed by atoms with van der Waals surface area (Å²) >= 11 is 0. The van der Waals surface area contributed by atoms with E-state index in [9.17, 15) is 33.2 Å². The highest BCUT2D eigenvalue weighted by molar-refractivity contribution is 6.42. The first kappa shape index (κ1) is 28.7. The van der Waals surface area contributed by atoms with Crippen LogP contribution in [0.25, 0.3) is 0 Å². The Morgan fingerprint density at radius 3 is 1.80 bits per heavy atom. The number of Topliss-reactive ketones (excluding diaryl/α,β-unsaturated/α-hetero) is 4. The van der Waals surface area contributed by atoms with E-state index in [-0.39, 0.29) is 58.3 Å². The number of hydrogen-bond donors (Lipinski definition) is 2. The van der Waals surface area contributed by atoms with Crippen LogP contribution in [0.1, 0.15) is 76.6 Å². The van der Waals surface area contributed by atoms with Gasteiger partial charge in [0.2, 0.25) is 5.91 Å². The molecule has 2 aliphatic carbocycles. The Morgan fingerprint density at radius 1 is 0.659 bits per heavy atom. The molecular weight excluding hydrogens is 563 g/mol. The van der Waals surface area contributed by atoms with Crippen LogP contribution in [0, 0.1) is 11.2 Å². The van der Waals surface area contributed by atoms with E-state index >= 15 is 0 Å². The molecule has 6 rings (SSSR count). The van der Waals surface area contributed by atoms with Gasteiger partial charge in [0.15, 0.2) is 34.3 Å². The zero-order valence-electron chi connectivity index (χ0n) is 23.3. The largest absolute Gasteiger partial charge is 0.324 e. The van der Waals surface area contributed by atoms with Crippen LogP contribution in [-0.4, -0.2) is 40.4 Å². The molecule has 2 atom stereocenters. The summed E-state index contributed by atoms with van der Waals surface area (Å²) in [6.45, 7) is 0. The fourth-order valence-corrected chi connectivity index (χ4v) is 6.30. The number of para-hydroxylation sites is 1. The summed E-state index contributed by atoms with van der Waals surface area (Å²) < 4.78 is 14.6. The maximum atomic E-state index is 14.7. The molecule has 0 aromatic heterocycles. The molecule has 0 aliphatic heterocycles. The summed E-state index contributed by atoms with van der Waals surface area (Å²) in [5.74, 6) is -6.08. The first-order valence-corrected chi connectivity index (χ1v) is 14.0. The van der Waals surface area contributed by atoms with Crippen molar-refractivity contribution >= 4 is 40.5 Å². The summed E-state index contributed by atoms with van der Waals surface area (Å²) in [6, 6.07) is 22.6. The van der Waals surface area contributed by atoms with E-state index in [1.165, 1.54) is 78.9 Å². The summed E-state index contributed by atoms with van der Waals surface area (Å²) in [5, 5.41) is 2.55. The van der Waals surface area contributed by atoms with Gasteiger partial charge in [-0.05, 0) is 37.1 Å². The van der Waals surface area contributed by atoms with E-state index in [4.69, 9.17) is 5.73 Å². The Balaban J connectivity index is 1.59. The van der Waals surface area contributed by atoms with Crippen LogP contribution < -0.4 is 11.1 Å². The van der Waals surface area contributed by atoms with Crippen LogP contribution in [-0.2, 0) is 4.79 Å². The molecule has 8 nitrogen and oxygen atoms in total. The van der Waals surface area contributed by atoms with E-state index in [1.807, 2.05) is 0 Å². The summed E-state index contributed by atoms with van der Waals surface area (Å²) in [5.41, 5.74) is 0.696. The van der Waals surface area contributed by atoms with Crippen LogP contribution in [0.15, 0.2) is 97.1 Å². The molecule has 44 heavy (non-hydrogen) atoms. The number of ketones is 5. The van der Waals surface area contributed by atoms with Gasteiger partial charge in [-0.25, -0.2) is 4.39 Å². The Hall–Kier alpha value is -5.41. The van der Waals surface area contributed by atoms with Crippen LogP contribution in [0.5, 0.6) is 0 Å². The zero-order valence-corrected chi connectivity index (χ0v) is 23.3. The van der Waals surface area contributed by atoms with Crippen molar-refractivity contribution in [1.82, 2.24) is 0 Å². The molecule has 0 fully saturated rings. The molecular formula is C35H25FN2O6. The molecule has 0 bridgehead atoms. The topological polar surface area (TPSA) is 140 Å². The predicted octanol–water partition coefficient (Wildman–Crippen LogP) is 5.01. The molecule has 0 radical (unpaired) electrons. The lowest BCUT2D eigenvalue weighted by Gasteiger charge is -2.46. The minimum absolute atomic E-state index is 0.00293.